The standard InChI is InChI=1S/C9H20N2O.Rb/c1-8(2)7-11-9(12)5-3-4-6-10;/h8H,3-7,10H2,1-2H3,(H,11,12);/q;+1/p-1. The van der Waals surface area contributed by atoms with Gasteiger partial charge < -0.3 is 15.8 Å². The molecule has 0 bridgehead atoms. The summed E-state index contributed by atoms with van der Waals surface area (Å²) in [6, 6.07) is 0. The van der Waals surface area contributed by atoms with Crippen LogP contribution < -0.4 is 63.9 Å². The van der Waals surface area contributed by atoms with Crippen molar-refractivity contribution < 1.29 is 63.0 Å². The van der Waals surface area contributed by atoms with E-state index in [0.29, 0.717) is 25.4 Å². The van der Waals surface area contributed by atoms with E-state index in [0.717, 1.165) is 12.8 Å². The van der Waals surface area contributed by atoms with E-state index in [1.54, 1.807) is 0 Å². The Kier molecular flexibility index (Phi) is 14.5. The molecule has 0 aromatic rings. The van der Waals surface area contributed by atoms with Crippen LogP contribution >= 0.6 is 0 Å². The molecule has 0 aliphatic carbocycles. The summed E-state index contributed by atoms with van der Waals surface area (Å²) in [4.78, 5) is 11.0. The zero-order valence-corrected chi connectivity index (χ0v) is 14.0. The van der Waals surface area contributed by atoms with Crippen LogP contribution in [0.4, 0.5) is 0 Å². The van der Waals surface area contributed by atoms with E-state index in [1.807, 2.05) is 0 Å². The van der Waals surface area contributed by atoms with Gasteiger partial charge in [-0.05, 0) is 25.8 Å². The maximum Gasteiger partial charge on any atom is 1.00 e. The van der Waals surface area contributed by atoms with Crippen molar-refractivity contribution in [2.24, 2.45) is 11.7 Å². The fourth-order valence-corrected chi connectivity index (χ4v) is 0.784. The summed E-state index contributed by atoms with van der Waals surface area (Å²) in [5.74, 6) is 0.501. The van der Waals surface area contributed by atoms with Crippen LogP contribution in [0.15, 0.2) is 0 Å². The second-order valence-corrected chi connectivity index (χ2v) is 3.37. The van der Waals surface area contributed by atoms with E-state index in [4.69, 9.17) is 5.73 Å². The SMILES string of the molecule is CC(C)C[N-]C(=O)CCCCN.[Rb+]. The molecule has 3 nitrogen and oxygen atoms in total. The summed E-state index contributed by atoms with van der Waals surface area (Å²) < 4.78 is 0. The Bertz CT molecular complexity index is 129. The van der Waals surface area contributed by atoms with Gasteiger partial charge in [-0.1, -0.05) is 19.8 Å². The minimum Gasteiger partial charge on any atom is -0.653 e. The number of unbranched alkanes of at least 4 members (excludes halogenated alkanes) is 1. The Morgan fingerprint density at radius 2 is 2.00 bits per heavy atom. The van der Waals surface area contributed by atoms with Crippen molar-refractivity contribution in [1.82, 2.24) is 0 Å². The molecule has 0 unspecified atom stereocenters. The Morgan fingerprint density at radius 3 is 2.46 bits per heavy atom. The molecule has 1 amide bonds. The topological polar surface area (TPSA) is 57.2 Å². The molecule has 0 rings (SSSR count). The number of nitrogens with zero attached hydrogens (tertiary/aromatic N) is 1. The quantitative estimate of drug-likeness (QED) is 0.599. The summed E-state index contributed by atoms with van der Waals surface area (Å²) in [7, 11) is 0. The molecule has 0 aliphatic heterocycles. The fraction of sp³-hybridized carbons (Fsp3) is 0.889. The molecule has 0 aliphatic rings. The van der Waals surface area contributed by atoms with Gasteiger partial charge in [0.05, 0.1) is 5.91 Å². The number of hydrogen-bond donors (Lipinski definition) is 1. The summed E-state index contributed by atoms with van der Waals surface area (Å²) >= 11 is 0. The predicted molar refractivity (Wildman–Crippen MR) is 51.0 cm³/mol. The number of carbonyl (C=O) groups excluding carboxylic acids is 1. The third kappa shape index (κ3) is 13.2. The molecule has 0 saturated carbocycles. The largest absolute Gasteiger partial charge is 1.00 e. The zero-order chi connectivity index (χ0) is 9.40. The average molecular weight is 257 g/mol. The van der Waals surface area contributed by atoms with Gasteiger partial charge in [-0.25, -0.2) is 0 Å². The molecule has 4 heteroatoms. The third-order valence-electron chi connectivity index (χ3n) is 1.48. The van der Waals surface area contributed by atoms with Crippen molar-refractivity contribution in [2.45, 2.75) is 33.1 Å². The molecule has 0 atom stereocenters. The van der Waals surface area contributed by atoms with Crippen molar-refractivity contribution in [2.75, 3.05) is 13.1 Å². The van der Waals surface area contributed by atoms with E-state index < -0.39 is 0 Å². The van der Waals surface area contributed by atoms with Crippen molar-refractivity contribution >= 4 is 5.91 Å². The van der Waals surface area contributed by atoms with Gasteiger partial charge >= 0.3 is 58.2 Å². The number of amides is 1. The van der Waals surface area contributed by atoms with Crippen LogP contribution in [-0.4, -0.2) is 19.0 Å². The van der Waals surface area contributed by atoms with Crippen molar-refractivity contribution in [3.63, 3.8) is 0 Å². The molecule has 0 saturated heterocycles. The van der Waals surface area contributed by atoms with Gasteiger partial charge in [0, 0.05) is 0 Å². The number of carbonyl (C=O) groups is 1. The summed E-state index contributed by atoms with van der Waals surface area (Å²) in [5, 5.41) is 3.92. The fourth-order valence-electron chi connectivity index (χ4n) is 0.784. The van der Waals surface area contributed by atoms with Gasteiger partial charge in [-0.3, -0.25) is 0 Å². The van der Waals surface area contributed by atoms with Gasteiger partial charge in [-0.15, -0.1) is 6.54 Å². The molecular weight excluding hydrogens is 238 g/mol. The Balaban J connectivity index is 0. The minimum atomic E-state index is 0. The first-order chi connectivity index (χ1) is 5.66. The van der Waals surface area contributed by atoms with E-state index in [9.17, 15) is 4.79 Å². The van der Waals surface area contributed by atoms with E-state index in [1.165, 1.54) is 0 Å². The number of nitrogens with two attached hydrogens (primary N) is 1. The first-order valence-corrected chi connectivity index (χ1v) is 4.57. The molecule has 0 aromatic heterocycles. The molecule has 0 fully saturated rings. The third-order valence-corrected chi connectivity index (χ3v) is 1.48. The maximum atomic E-state index is 11.0. The Hall–Kier alpha value is 1.24. The van der Waals surface area contributed by atoms with Gasteiger partial charge in [0.2, 0.25) is 0 Å². The monoisotopic (exact) mass is 256 g/mol. The molecule has 13 heavy (non-hydrogen) atoms. The smallest absolute Gasteiger partial charge is 0.653 e. The Labute approximate surface area is 130 Å². The predicted octanol–water partition coefficient (Wildman–Crippen LogP) is -1.32. The van der Waals surface area contributed by atoms with Crippen molar-refractivity contribution in [1.29, 1.82) is 0 Å². The summed E-state index contributed by atoms with van der Waals surface area (Å²) in [6.45, 7) is 5.42. The van der Waals surface area contributed by atoms with E-state index in [2.05, 4.69) is 19.2 Å². The van der Waals surface area contributed by atoms with Gasteiger partial charge in [0.1, 0.15) is 0 Å². The molecular formula is C9H19N2ORb. The number of hydrogen-bond acceptors (Lipinski definition) is 2. The van der Waals surface area contributed by atoms with Crippen LogP contribution in [0, 0.1) is 5.92 Å². The molecule has 0 radical (unpaired) electrons. The summed E-state index contributed by atoms with van der Waals surface area (Å²) in [6.07, 6.45) is 2.35. The van der Waals surface area contributed by atoms with Crippen LogP contribution in [0.25, 0.3) is 5.32 Å². The van der Waals surface area contributed by atoms with Crippen LogP contribution in [0.5, 0.6) is 0 Å². The second kappa shape index (κ2) is 11.3. The molecule has 72 valence electrons. The van der Waals surface area contributed by atoms with Crippen molar-refractivity contribution in [3.8, 4) is 0 Å². The first kappa shape index (κ1) is 16.7. The van der Waals surface area contributed by atoms with E-state index in [-0.39, 0.29) is 64.1 Å². The summed E-state index contributed by atoms with van der Waals surface area (Å²) in [5.41, 5.74) is 5.30. The number of rotatable bonds is 6. The van der Waals surface area contributed by atoms with Gasteiger partial charge in [0.25, 0.3) is 0 Å². The van der Waals surface area contributed by atoms with Gasteiger partial charge in [0.15, 0.2) is 0 Å². The molecule has 2 N–H and O–H groups in total. The molecule has 0 spiro atoms. The molecule has 0 aromatic carbocycles. The maximum absolute atomic E-state index is 11.0. The normalized spacial score (nSPS) is 9.54. The van der Waals surface area contributed by atoms with Crippen LogP contribution in [0.3, 0.4) is 0 Å². The second-order valence-electron chi connectivity index (χ2n) is 3.37. The molecule has 0 heterocycles. The Morgan fingerprint density at radius 1 is 1.38 bits per heavy atom. The van der Waals surface area contributed by atoms with Crippen molar-refractivity contribution in [3.05, 3.63) is 5.32 Å². The van der Waals surface area contributed by atoms with Crippen LogP contribution in [0.1, 0.15) is 33.1 Å². The average Bonchev–Trinajstić information content (AvgIpc) is 2.01. The van der Waals surface area contributed by atoms with Crippen LogP contribution in [0.2, 0.25) is 0 Å². The van der Waals surface area contributed by atoms with Gasteiger partial charge in [-0.2, -0.15) is 0 Å². The van der Waals surface area contributed by atoms with E-state index >= 15 is 0 Å². The zero-order valence-electron chi connectivity index (χ0n) is 9.05. The first-order valence-electron chi connectivity index (χ1n) is 4.57. The minimum absolute atomic E-state index is 0. The van der Waals surface area contributed by atoms with Crippen LogP contribution in [-0.2, 0) is 4.79 Å².